The van der Waals surface area contributed by atoms with Gasteiger partial charge >= 0.3 is 0 Å². The molecule has 0 heterocycles. The summed E-state index contributed by atoms with van der Waals surface area (Å²) in [6.45, 7) is 4.99. The van der Waals surface area contributed by atoms with Crippen LogP contribution in [-0.4, -0.2) is 44.9 Å². The molecule has 33 heavy (non-hydrogen) atoms. The van der Waals surface area contributed by atoms with Crippen LogP contribution in [0.15, 0.2) is 83.8 Å². The van der Waals surface area contributed by atoms with Gasteiger partial charge in [-0.25, -0.2) is 8.42 Å². The van der Waals surface area contributed by atoms with Crippen molar-refractivity contribution in [2.45, 2.75) is 18.7 Å². The van der Waals surface area contributed by atoms with Gasteiger partial charge in [0.15, 0.2) is 0 Å². The second kappa shape index (κ2) is 11.5. The quantitative estimate of drug-likeness (QED) is 0.421. The van der Waals surface area contributed by atoms with Crippen LogP contribution in [-0.2, 0) is 10.0 Å². The minimum atomic E-state index is -3.55. The van der Waals surface area contributed by atoms with Crippen LogP contribution < -0.4 is 14.8 Å². The van der Waals surface area contributed by atoms with E-state index >= 15 is 0 Å². The Morgan fingerprint density at radius 1 is 0.818 bits per heavy atom. The van der Waals surface area contributed by atoms with Crippen molar-refractivity contribution in [3.8, 4) is 11.5 Å². The molecule has 0 aliphatic carbocycles. The molecule has 1 amide bonds. The van der Waals surface area contributed by atoms with Crippen molar-refractivity contribution in [1.82, 2.24) is 4.31 Å². The Morgan fingerprint density at radius 3 is 2.09 bits per heavy atom. The Bertz CT molecular complexity index is 1140. The van der Waals surface area contributed by atoms with Crippen molar-refractivity contribution in [2.75, 3.05) is 31.6 Å². The lowest BCUT2D eigenvalue weighted by molar-refractivity contribution is 0.102. The maximum absolute atomic E-state index is 12.8. The summed E-state index contributed by atoms with van der Waals surface area (Å²) in [7, 11) is -3.55. The third-order valence-electron chi connectivity index (χ3n) is 4.94. The Kier molecular flexibility index (Phi) is 8.46. The van der Waals surface area contributed by atoms with Gasteiger partial charge in [0.05, 0.1) is 10.5 Å². The number of carbonyl (C=O) groups excluding carboxylic acids is 1. The molecule has 1 N–H and O–H groups in total. The van der Waals surface area contributed by atoms with Gasteiger partial charge in [0, 0.05) is 18.8 Å². The van der Waals surface area contributed by atoms with E-state index in [2.05, 4.69) is 5.32 Å². The van der Waals surface area contributed by atoms with Gasteiger partial charge in [0.1, 0.15) is 24.7 Å². The number of anilines is 1. The largest absolute Gasteiger partial charge is 0.490 e. The normalized spacial score (nSPS) is 11.2. The monoisotopic (exact) mass is 468 g/mol. The topological polar surface area (TPSA) is 84.9 Å². The first-order chi connectivity index (χ1) is 16.0. The van der Waals surface area contributed by atoms with Crippen LogP contribution in [0.4, 0.5) is 5.69 Å². The van der Waals surface area contributed by atoms with Crippen LogP contribution in [0.3, 0.4) is 0 Å². The van der Waals surface area contributed by atoms with Crippen LogP contribution in [0.25, 0.3) is 0 Å². The van der Waals surface area contributed by atoms with E-state index in [1.165, 1.54) is 16.4 Å². The molecule has 0 saturated carbocycles. The van der Waals surface area contributed by atoms with Gasteiger partial charge in [-0.05, 0) is 48.5 Å². The average Bonchev–Trinajstić information content (AvgIpc) is 2.83. The summed E-state index contributed by atoms with van der Waals surface area (Å²) in [5.41, 5.74) is 0.859. The SMILES string of the molecule is CCN(CC)S(=O)(=O)c1ccc(NC(=O)c2ccccc2OCCOc2ccccc2)cc1. The highest BCUT2D eigenvalue weighted by Gasteiger charge is 2.21. The molecule has 174 valence electrons. The summed E-state index contributed by atoms with van der Waals surface area (Å²) in [6.07, 6.45) is 0. The van der Waals surface area contributed by atoms with Gasteiger partial charge in [0.25, 0.3) is 5.91 Å². The van der Waals surface area contributed by atoms with Gasteiger partial charge in [-0.1, -0.05) is 44.2 Å². The van der Waals surface area contributed by atoms with E-state index in [0.29, 0.717) is 36.7 Å². The summed E-state index contributed by atoms with van der Waals surface area (Å²) < 4.78 is 38.0. The molecule has 0 fully saturated rings. The Hall–Kier alpha value is -3.36. The Morgan fingerprint density at radius 2 is 1.42 bits per heavy atom. The van der Waals surface area contributed by atoms with Crippen LogP contribution in [0.2, 0.25) is 0 Å². The first-order valence-electron chi connectivity index (χ1n) is 10.8. The second-order valence-electron chi connectivity index (χ2n) is 7.07. The molecular formula is C25H28N2O5S. The summed E-state index contributed by atoms with van der Waals surface area (Å²) in [6, 6.07) is 22.5. The van der Waals surface area contributed by atoms with Crippen LogP contribution in [0.1, 0.15) is 24.2 Å². The number of benzene rings is 3. The number of sulfonamides is 1. The van der Waals surface area contributed by atoms with Crippen molar-refractivity contribution >= 4 is 21.6 Å². The van der Waals surface area contributed by atoms with Gasteiger partial charge < -0.3 is 14.8 Å². The Labute approximate surface area is 195 Å². The van der Waals surface area contributed by atoms with Gasteiger partial charge in [-0.15, -0.1) is 0 Å². The molecule has 3 rings (SSSR count). The zero-order valence-corrected chi connectivity index (χ0v) is 19.5. The molecule has 3 aromatic rings. The molecule has 0 atom stereocenters. The summed E-state index contributed by atoms with van der Waals surface area (Å²) >= 11 is 0. The van der Waals surface area contributed by atoms with E-state index < -0.39 is 10.0 Å². The van der Waals surface area contributed by atoms with E-state index in [0.717, 1.165) is 5.75 Å². The number of amides is 1. The van der Waals surface area contributed by atoms with Crippen molar-refractivity contribution in [3.05, 3.63) is 84.4 Å². The zero-order valence-electron chi connectivity index (χ0n) is 18.7. The molecule has 0 aliphatic heterocycles. The molecule has 0 radical (unpaired) electrons. The van der Waals surface area contributed by atoms with Crippen molar-refractivity contribution < 1.29 is 22.7 Å². The summed E-state index contributed by atoms with van der Waals surface area (Å²) in [5.74, 6) is 0.833. The third-order valence-corrected chi connectivity index (χ3v) is 7.00. The van der Waals surface area contributed by atoms with Gasteiger partial charge in [-0.2, -0.15) is 4.31 Å². The number of hydrogen-bond donors (Lipinski definition) is 1. The number of hydrogen-bond acceptors (Lipinski definition) is 5. The van der Waals surface area contributed by atoms with Crippen LogP contribution >= 0.6 is 0 Å². The minimum Gasteiger partial charge on any atom is -0.490 e. The number of rotatable bonds is 11. The highest BCUT2D eigenvalue weighted by Crippen LogP contribution is 2.22. The standard InChI is InChI=1S/C25H28N2O5S/c1-3-27(4-2)33(29,30)22-16-14-20(15-17-22)26-25(28)23-12-8-9-13-24(23)32-19-18-31-21-10-6-5-7-11-21/h5-17H,3-4,18-19H2,1-2H3,(H,26,28). The zero-order chi connectivity index (χ0) is 23.7. The molecule has 0 unspecified atom stereocenters. The smallest absolute Gasteiger partial charge is 0.259 e. The van der Waals surface area contributed by atoms with Gasteiger partial charge in [-0.3, -0.25) is 4.79 Å². The second-order valence-corrected chi connectivity index (χ2v) is 9.01. The van der Waals surface area contributed by atoms with Crippen molar-refractivity contribution in [1.29, 1.82) is 0 Å². The summed E-state index contributed by atoms with van der Waals surface area (Å²) in [4.78, 5) is 13.0. The average molecular weight is 469 g/mol. The lowest BCUT2D eigenvalue weighted by Gasteiger charge is -2.18. The number of nitrogens with one attached hydrogen (secondary N) is 1. The fraction of sp³-hybridized carbons (Fsp3) is 0.240. The third kappa shape index (κ3) is 6.34. The minimum absolute atomic E-state index is 0.186. The van der Waals surface area contributed by atoms with E-state index in [1.54, 1.807) is 50.2 Å². The van der Waals surface area contributed by atoms with Crippen molar-refractivity contribution in [2.24, 2.45) is 0 Å². The van der Waals surface area contributed by atoms with Crippen molar-refractivity contribution in [3.63, 3.8) is 0 Å². The van der Waals surface area contributed by atoms with E-state index in [-0.39, 0.29) is 17.4 Å². The summed E-state index contributed by atoms with van der Waals surface area (Å²) in [5, 5.41) is 2.79. The molecule has 8 heteroatoms. The first-order valence-corrected chi connectivity index (χ1v) is 12.2. The number of nitrogens with zero attached hydrogens (tertiary/aromatic N) is 1. The van der Waals surface area contributed by atoms with E-state index in [4.69, 9.17) is 9.47 Å². The number of para-hydroxylation sites is 2. The lowest BCUT2D eigenvalue weighted by atomic mass is 10.2. The number of ether oxygens (including phenoxy) is 2. The predicted molar refractivity (Wildman–Crippen MR) is 128 cm³/mol. The first kappa shape index (κ1) is 24.3. The van der Waals surface area contributed by atoms with Crippen LogP contribution in [0, 0.1) is 0 Å². The van der Waals surface area contributed by atoms with Gasteiger partial charge in [0.2, 0.25) is 10.0 Å². The molecule has 0 aliphatic rings. The molecule has 3 aromatic carbocycles. The molecular weight excluding hydrogens is 440 g/mol. The maximum atomic E-state index is 12.8. The predicted octanol–water partition coefficient (Wildman–Crippen LogP) is 4.43. The fourth-order valence-electron chi connectivity index (χ4n) is 3.23. The van der Waals surface area contributed by atoms with Crippen LogP contribution in [0.5, 0.6) is 11.5 Å². The molecule has 0 spiro atoms. The highest BCUT2D eigenvalue weighted by atomic mass is 32.2. The maximum Gasteiger partial charge on any atom is 0.259 e. The Balaban J connectivity index is 1.62. The number of carbonyl (C=O) groups is 1. The van der Waals surface area contributed by atoms with E-state index in [1.807, 2.05) is 30.3 Å². The molecule has 7 nitrogen and oxygen atoms in total. The highest BCUT2D eigenvalue weighted by molar-refractivity contribution is 7.89. The lowest BCUT2D eigenvalue weighted by Crippen LogP contribution is -2.30. The fourth-order valence-corrected chi connectivity index (χ4v) is 4.69. The van der Waals surface area contributed by atoms with E-state index in [9.17, 15) is 13.2 Å². The molecule has 0 bridgehead atoms. The molecule has 0 saturated heterocycles. The molecule has 0 aromatic heterocycles.